The van der Waals surface area contributed by atoms with Crippen LogP contribution in [-0.4, -0.2) is 22.7 Å². The third-order valence-corrected chi connectivity index (χ3v) is 4.22. The lowest BCUT2D eigenvalue weighted by Crippen LogP contribution is -2.42. The second kappa shape index (κ2) is 6.37. The molecule has 1 atom stereocenters. The van der Waals surface area contributed by atoms with E-state index < -0.39 is 11.0 Å². The fraction of sp³-hybridized carbons (Fsp3) is 0.444. The van der Waals surface area contributed by atoms with Gasteiger partial charge in [0.25, 0.3) is 0 Å². The van der Waals surface area contributed by atoms with Crippen molar-refractivity contribution in [1.29, 1.82) is 0 Å². The molecule has 0 heterocycles. The second-order valence-electron chi connectivity index (χ2n) is 6.51. The van der Waals surface area contributed by atoms with Gasteiger partial charge in [-0.25, -0.2) is 0 Å². The Hall–Kier alpha value is -1.42. The van der Waals surface area contributed by atoms with E-state index in [0.717, 1.165) is 17.3 Å². The Morgan fingerprint density at radius 1 is 1.27 bits per heavy atom. The summed E-state index contributed by atoms with van der Waals surface area (Å²) < 4.78 is 5.65. The number of carbonyl (C=O) groups excluding carboxylic acids is 2. The van der Waals surface area contributed by atoms with Gasteiger partial charge in [-0.15, -0.1) is 0 Å². The van der Waals surface area contributed by atoms with Gasteiger partial charge in [0.1, 0.15) is 11.0 Å². The number of rotatable bonds is 4. The van der Waals surface area contributed by atoms with Crippen molar-refractivity contribution in [2.75, 3.05) is 5.33 Å². The average molecular weight is 365 g/mol. The van der Waals surface area contributed by atoms with Crippen LogP contribution >= 0.6 is 15.9 Å². The van der Waals surface area contributed by atoms with Crippen LogP contribution in [0.3, 0.4) is 0 Å². The molecule has 3 nitrogen and oxygen atoms in total. The molecule has 0 amide bonds. The number of hydrogen-bond acceptors (Lipinski definition) is 3. The van der Waals surface area contributed by atoms with Crippen LogP contribution in [0.5, 0.6) is 0 Å². The molecule has 0 aliphatic heterocycles. The highest BCUT2D eigenvalue weighted by Crippen LogP contribution is 2.39. The number of fused-ring (bicyclic) bond motifs is 1. The summed E-state index contributed by atoms with van der Waals surface area (Å²) in [7, 11) is 0. The number of carbonyl (C=O) groups is 2. The van der Waals surface area contributed by atoms with E-state index in [2.05, 4.69) is 15.9 Å². The number of halogens is 1. The molecule has 2 rings (SSSR count). The second-order valence-corrected chi connectivity index (χ2v) is 7.30. The largest absolute Gasteiger partial charge is 0.459 e. The van der Waals surface area contributed by atoms with Gasteiger partial charge in [-0.2, -0.15) is 0 Å². The summed E-state index contributed by atoms with van der Waals surface area (Å²) in [5.41, 5.74) is -0.114. The third kappa shape index (κ3) is 3.32. The van der Waals surface area contributed by atoms with E-state index in [-0.39, 0.29) is 11.8 Å². The van der Waals surface area contributed by atoms with Gasteiger partial charge in [0.05, 0.1) is 0 Å². The first-order valence-corrected chi connectivity index (χ1v) is 8.55. The van der Waals surface area contributed by atoms with E-state index in [9.17, 15) is 9.59 Å². The average Bonchev–Trinajstić information content (AvgIpc) is 2.45. The highest BCUT2D eigenvalue weighted by molar-refractivity contribution is 9.09. The van der Waals surface area contributed by atoms with Crippen molar-refractivity contribution in [2.24, 2.45) is 0 Å². The Morgan fingerprint density at radius 3 is 2.59 bits per heavy atom. The standard InChI is InChI=1S/C18H21BrO3/c1-17(2,3)22-16(21)18(10-6-12-19)11-9-15(20)13-7-4-5-8-14(13)18/h4-5,7-9,11H,6,10,12H2,1-3H3. The summed E-state index contributed by atoms with van der Waals surface area (Å²) in [6, 6.07) is 7.31. The quantitative estimate of drug-likeness (QED) is 0.594. The minimum absolute atomic E-state index is 0.0615. The van der Waals surface area contributed by atoms with Crippen molar-refractivity contribution in [3.8, 4) is 0 Å². The number of benzene rings is 1. The topological polar surface area (TPSA) is 43.4 Å². The van der Waals surface area contributed by atoms with Crippen molar-refractivity contribution in [2.45, 2.75) is 44.6 Å². The van der Waals surface area contributed by atoms with Crippen LogP contribution in [0.4, 0.5) is 0 Å². The molecule has 0 radical (unpaired) electrons. The van der Waals surface area contributed by atoms with Gasteiger partial charge in [-0.05, 0) is 45.3 Å². The zero-order valence-electron chi connectivity index (χ0n) is 13.2. The molecule has 1 aliphatic rings. The Kier molecular flexibility index (Phi) is 4.90. The predicted octanol–water partition coefficient (Wildman–Crippen LogP) is 4.19. The predicted molar refractivity (Wildman–Crippen MR) is 90.5 cm³/mol. The van der Waals surface area contributed by atoms with Gasteiger partial charge in [0.2, 0.25) is 0 Å². The molecule has 4 heteroatoms. The molecule has 22 heavy (non-hydrogen) atoms. The molecule has 0 spiro atoms. The zero-order chi connectivity index (χ0) is 16.4. The smallest absolute Gasteiger partial charge is 0.321 e. The van der Waals surface area contributed by atoms with E-state index in [1.165, 1.54) is 6.08 Å². The van der Waals surface area contributed by atoms with Crippen molar-refractivity contribution < 1.29 is 14.3 Å². The maximum atomic E-state index is 12.9. The minimum Gasteiger partial charge on any atom is -0.459 e. The summed E-state index contributed by atoms with van der Waals surface area (Å²) in [4.78, 5) is 25.0. The van der Waals surface area contributed by atoms with Crippen molar-refractivity contribution in [3.63, 3.8) is 0 Å². The summed E-state index contributed by atoms with van der Waals surface area (Å²) in [6.45, 7) is 5.56. The summed E-state index contributed by atoms with van der Waals surface area (Å²) in [5, 5.41) is 0.793. The molecule has 0 fully saturated rings. The van der Waals surface area contributed by atoms with Gasteiger partial charge in [-0.1, -0.05) is 46.3 Å². The van der Waals surface area contributed by atoms with Crippen LogP contribution in [-0.2, 0) is 14.9 Å². The van der Waals surface area contributed by atoms with Crippen LogP contribution in [0.2, 0.25) is 0 Å². The van der Waals surface area contributed by atoms with Crippen molar-refractivity contribution >= 4 is 27.7 Å². The van der Waals surface area contributed by atoms with E-state index in [1.54, 1.807) is 12.1 Å². The molecule has 1 aromatic rings. The number of allylic oxidation sites excluding steroid dienone is 1. The highest BCUT2D eigenvalue weighted by Gasteiger charge is 2.44. The fourth-order valence-corrected chi connectivity index (χ4v) is 2.98. The first-order valence-electron chi connectivity index (χ1n) is 7.43. The molecule has 1 unspecified atom stereocenters. The highest BCUT2D eigenvalue weighted by atomic mass is 79.9. The number of esters is 1. The van der Waals surface area contributed by atoms with Crippen LogP contribution in [0.25, 0.3) is 0 Å². The summed E-state index contributed by atoms with van der Waals surface area (Å²) in [6.07, 6.45) is 4.63. The zero-order valence-corrected chi connectivity index (χ0v) is 14.8. The Labute approximate surface area is 139 Å². The van der Waals surface area contributed by atoms with Crippen LogP contribution in [0.15, 0.2) is 36.4 Å². The van der Waals surface area contributed by atoms with Crippen molar-refractivity contribution in [1.82, 2.24) is 0 Å². The molecule has 0 N–H and O–H groups in total. The molecular weight excluding hydrogens is 344 g/mol. The Balaban J connectivity index is 2.53. The van der Waals surface area contributed by atoms with Crippen LogP contribution < -0.4 is 0 Å². The Morgan fingerprint density at radius 2 is 1.95 bits per heavy atom. The SMILES string of the molecule is CC(C)(C)OC(=O)C1(CCCBr)C=CC(=O)c2ccccc21. The molecule has 1 aromatic carbocycles. The van der Waals surface area contributed by atoms with Crippen LogP contribution in [0, 0.1) is 0 Å². The molecule has 0 saturated heterocycles. The lowest BCUT2D eigenvalue weighted by molar-refractivity contribution is -0.160. The number of ketones is 1. The Bertz CT molecular complexity index is 613. The van der Waals surface area contributed by atoms with E-state index in [1.807, 2.05) is 39.0 Å². The number of ether oxygens (including phenoxy) is 1. The number of alkyl halides is 1. The van der Waals surface area contributed by atoms with Gasteiger partial charge in [0.15, 0.2) is 5.78 Å². The minimum atomic E-state index is -0.883. The maximum absolute atomic E-state index is 12.9. The summed E-state index contributed by atoms with van der Waals surface area (Å²) >= 11 is 3.42. The first-order chi connectivity index (χ1) is 10.3. The fourth-order valence-electron chi connectivity index (χ4n) is 2.70. The third-order valence-electron chi connectivity index (χ3n) is 3.66. The van der Waals surface area contributed by atoms with Crippen LogP contribution in [0.1, 0.15) is 49.5 Å². The normalized spacial score (nSPS) is 20.6. The molecule has 1 aliphatic carbocycles. The van der Waals surface area contributed by atoms with E-state index >= 15 is 0 Å². The maximum Gasteiger partial charge on any atom is 0.321 e. The van der Waals surface area contributed by atoms with Gasteiger partial charge < -0.3 is 4.74 Å². The molecule has 118 valence electrons. The van der Waals surface area contributed by atoms with Crippen molar-refractivity contribution in [3.05, 3.63) is 47.5 Å². The molecular formula is C18H21BrO3. The van der Waals surface area contributed by atoms with Gasteiger partial charge >= 0.3 is 5.97 Å². The molecule has 0 saturated carbocycles. The van der Waals surface area contributed by atoms with Gasteiger partial charge in [-0.3, -0.25) is 9.59 Å². The molecule has 0 bridgehead atoms. The molecule has 0 aromatic heterocycles. The van der Waals surface area contributed by atoms with E-state index in [0.29, 0.717) is 12.0 Å². The van der Waals surface area contributed by atoms with Gasteiger partial charge in [0, 0.05) is 10.9 Å². The monoisotopic (exact) mass is 364 g/mol. The van der Waals surface area contributed by atoms with E-state index in [4.69, 9.17) is 4.74 Å². The first kappa shape index (κ1) is 16.9. The lowest BCUT2D eigenvalue weighted by atomic mass is 9.71. The summed E-state index contributed by atoms with van der Waals surface area (Å²) in [5.74, 6) is -0.356. The lowest BCUT2D eigenvalue weighted by Gasteiger charge is -2.35. The number of hydrogen-bond donors (Lipinski definition) is 0.